The maximum absolute atomic E-state index is 11.4. The van der Waals surface area contributed by atoms with E-state index in [1.807, 2.05) is 42.5 Å². The number of rotatable bonds is 5. The molecule has 0 amide bonds. The first-order valence-electron chi connectivity index (χ1n) is 6.67. The van der Waals surface area contributed by atoms with Crippen molar-refractivity contribution in [3.63, 3.8) is 0 Å². The SMILES string of the molecule is CC(C)/[N+]([O-])=C\[C@@H](O)COc1cccc2ccccc12. The second-order valence-electron chi connectivity index (χ2n) is 4.96. The zero-order valence-corrected chi connectivity index (χ0v) is 11.7. The molecule has 0 aromatic heterocycles. The lowest BCUT2D eigenvalue weighted by Gasteiger charge is -2.12. The molecular weight excluding hydrogens is 254 g/mol. The highest BCUT2D eigenvalue weighted by atomic mass is 16.5. The van der Waals surface area contributed by atoms with Gasteiger partial charge in [0, 0.05) is 5.39 Å². The molecule has 0 heterocycles. The molecule has 0 aliphatic carbocycles. The van der Waals surface area contributed by atoms with Crippen molar-refractivity contribution in [1.82, 2.24) is 0 Å². The number of hydrogen-bond donors (Lipinski definition) is 1. The van der Waals surface area contributed by atoms with Crippen LogP contribution < -0.4 is 4.74 Å². The van der Waals surface area contributed by atoms with Gasteiger partial charge in [-0.1, -0.05) is 36.4 Å². The van der Waals surface area contributed by atoms with Crippen LogP contribution in [0.5, 0.6) is 5.75 Å². The number of benzene rings is 2. The van der Waals surface area contributed by atoms with Gasteiger partial charge in [-0.3, -0.25) is 0 Å². The van der Waals surface area contributed by atoms with Crippen molar-refractivity contribution in [2.45, 2.75) is 26.0 Å². The molecule has 1 atom stereocenters. The average Bonchev–Trinajstić information content (AvgIpc) is 2.44. The van der Waals surface area contributed by atoms with Crippen LogP contribution in [0.2, 0.25) is 0 Å². The third kappa shape index (κ3) is 3.48. The fraction of sp³-hybridized carbons (Fsp3) is 0.312. The smallest absolute Gasteiger partial charge is 0.183 e. The Morgan fingerprint density at radius 2 is 1.90 bits per heavy atom. The Kier molecular flexibility index (Phi) is 4.58. The molecule has 106 valence electrons. The zero-order valence-electron chi connectivity index (χ0n) is 11.7. The lowest BCUT2D eigenvalue weighted by atomic mass is 10.1. The van der Waals surface area contributed by atoms with Gasteiger partial charge in [0.05, 0.1) is 0 Å². The molecule has 0 bridgehead atoms. The highest BCUT2D eigenvalue weighted by Gasteiger charge is 2.10. The first kappa shape index (κ1) is 14.3. The summed E-state index contributed by atoms with van der Waals surface area (Å²) in [6.07, 6.45) is 0.310. The molecule has 4 heteroatoms. The van der Waals surface area contributed by atoms with E-state index in [1.54, 1.807) is 13.8 Å². The molecule has 1 N–H and O–H groups in total. The minimum absolute atomic E-state index is 0.0550. The zero-order chi connectivity index (χ0) is 14.5. The number of fused-ring (bicyclic) bond motifs is 1. The second-order valence-corrected chi connectivity index (χ2v) is 4.96. The first-order chi connectivity index (χ1) is 9.58. The minimum Gasteiger partial charge on any atom is -0.624 e. The monoisotopic (exact) mass is 273 g/mol. The molecule has 0 aliphatic heterocycles. The molecule has 20 heavy (non-hydrogen) atoms. The summed E-state index contributed by atoms with van der Waals surface area (Å²) in [5.41, 5.74) is 0. The Morgan fingerprint density at radius 1 is 1.20 bits per heavy atom. The predicted molar refractivity (Wildman–Crippen MR) is 80.3 cm³/mol. The van der Waals surface area contributed by atoms with Gasteiger partial charge < -0.3 is 15.1 Å². The molecule has 4 nitrogen and oxygen atoms in total. The van der Waals surface area contributed by atoms with Crippen LogP contribution in [-0.2, 0) is 0 Å². The van der Waals surface area contributed by atoms with Crippen LogP contribution in [0.1, 0.15) is 13.8 Å². The third-order valence-electron chi connectivity index (χ3n) is 2.99. The number of hydroxylamine groups is 1. The van der Waals surface area contributed by atoms with Crippen LogP contribution in [0.25, 0.3) is 10.8 Å². The topological polar surface area (TPSA) is 55.5 Å². The van der Waals surface area contributed by atoms with E-state index in [1.165, 1.54) is 6.21 Å². The summed E-state index contributed by atoms with van der Waals surface area (Å²) in [7, 11) is 0. The Balaban J connectivity index is 2.08. The number of ether oxygens (including phenoxy) is 1. The Labute approximate surface area is 118 Å². The van der Waals surface area contributed by atoms with Gasteiger partial charge in [0.1, 0.15) is 12.4 Å². The molecule has 0 unspecified atom stereocenters. The van der Waals surface area contributed by atoms with Crippen LogP contribution in [0, 0.1) is 5.21 Å². The van der Waals surface area contributed by atoms with Gasteiger partial charge >= 0.3 is 0 Å². The molecule has 2 aromatic rings. The second kappa shape index (κ2) is 6.39. The summed E-state index contributed by atoms with van der Waals surface area (Å²) in [4.78, 5) is 0. The van der Waals surface area contributed by atoms with E-state index in [9.17, 15) is 10.3 Å². The van der Waals surface area contributed by atoms with E-state index in [4.69, 9.17) is 4.74 Å². The standard InChI is InChI=1S/C16H19NO3/c1-12(2)17(19)10-14(18)11-20-16-9-5-7-13-6-3-4-8-15(13)16/h3-10,12,14,18H,11H2,1-2H3/b17-10+/t14-/m1/s1. The predicted octanol–water partition coefficient (Wildman–Crippen LogP) is 2.57. The molecule has 0 aliphatic rings. The summed E-state index contributed by atoms with van der Waals surface area (Å²) >= 11 is 0. The lowest BCUT2D eigenvalue weighted by molar-refractivity contribution is -0.490. The highest BCUT2D eigenvalue weighted by molar-refractivity contribution is 5.88. The van der Waals surface area contributed by atoms with E-state index in [-0.39, 0.29) is 12.6 Å². The summed E-state index contributed by atoms with van der Waals surface area (Å²) in [6, 6.07) is 13.4. The molecule has 0 saturated carbocycles. The van der Waals surface area contributed by atoms with Crippen LogP contribution in [0.15, 0.2) is 42.5 Å². The van der Waals surface area contributed by atoms with Gasteiger partial charge in [-0.2, -0.15) is 0 Å². The van der Waals surface area contributed by atoms with Crippen LogP contribution >= 0.6 is 0 Å². The summed E-state index contributed by atoms with van der Waals surface area (Å²) in [5.74, 6) is 0.706. The number of aliphatic hydroxyl groups is 1. The van der Waals surface area contributed by atoms with E-state index in [0.29, 0.717) is 5.75 Å². The van der Waals surface area contributed by atoms with Gasteiger partial charge in [-0.05, 0) is 25.3 Å². The Hall–Kier alpha value is -2.07. The Bertz CT molecular complexity index is 602. The fourth-order valence-corrected chi connectivity index (χ4v) is 1.88. The Morgan fingerprint density at radius 3 is 2.65 bits per heavy atom. The highest BCUT2D eigenvalue weighted by Crippen LogP contribution is 2.25. The molecule has 2 aromatic carbocycles. The molecule has 0 saturated heterocycles. The largest absolute Gasteiger partial charge is 0.624 e. The van der Waals surface area contributed by atoms with E-state index in [0.717, 1.165) is 15.5 Å². The van der Waals surface area contributed by atoms with Gasteiger partial charge in [-0.15, -0.1) is 0 Å². The average molecular weight is 273 g/mol. The van der Waals surface area contributed by atoms with Gasteiger partial charge in [-0.25, -0.2) is 4.74 Å². The van der Waals surface area contributed by atoms with E-state index < -0.39 is 6.10 Å². The van der Waals surface area contributed by atoms with E-state index in [2.05, 4.69) is 0 Å². The minimum atomic E-state index is -0.922. The maximum atomic E-state index is 11.4. The molecular formula is C16H19NO3. The van der Waals surface area contributed by atoms with Crippen molar-refractivity contribution in [2.75, 3.05) is 6.61 Å². The van der Waals surface area contributed by atoms with Crippen molar-refractivity contribution >= 4 is 17.0 Å². The fourth-order valence-electron chi connectivity index (χ4n) is 1.88. The molecule has 0 spiro atoms. The van der Waals surface area contributed by atoms with Crippen molar-refractivity contribution in [1.29, 1.82) is 0 Å². The number of hydrogen-bond acceptors (Lipinski definition) is 3. The molecule has 0 fully saturated rings. The quantitative estimate of drug-likeness (QED) is 0.394. The van der Waals surface area contributed by atoms with Crippen molar-refractivity contribution in [3.8, 4) is 5.75 Å². The molecule has 0 radical (unpaired) electrons. The van der Waals surface area contributed by atoms with Crippen LogP contribution in [0.3, 0.4) is 0 Å². The van der Waals surface area contributed by atoms with E-state index >= 15 is 0 Å². The van der Waals surface area contributed by atoms with Crippen molar-refractivity contribution in [3.05, 3.63) is 47.7 Å². The van der Waals surface area contributed by atoms with Gasteiger partial charge in [0.25, 0.3) is 0 Å². The van der Waals surface area contributed by atoms with Crippen LogP contribution in [0.4, 0.5) is 0 Å². The third-order valence-corrected chi connectivity index (χ3v) is 2.99. The number of nitrogens with zero attached hydrogens (tertiary/aromatic N) is 1. The van der Waals surface area contributed by atoms with Crippen molar-refractivity contribution < 1.29 is 14.6 Å². The van der Waals surface area contributed by atoms with Crippen molar-refractivity contribution in [2.24, 2.45) is 0 Å². The summed E-state index contributed by atoms with van der Waals surface area (Å²) < 4.78 is 6.35. The maximum Gasteiger partial charge on any atom is 0.183 e. The van der Waals surface area contributed by atoms with Gasteiger partial charge in [0.2, 0.25) is 0 Å². The molecule has 2 rings (SSSR count). The van der Waals surface area contributed by atoms with Gasteiger partial charge in [0.15, 0.2) is 18.4 Å². The number of aliphatic hydroxyl groups excluding tert-OH is 1. The lowest BCUT2D eigenvalue weighted by Crippen LogP contribution is -2.26. The first-order valence-corrected chi connectivity index (χ1v) is 6.67. The summed E-state index contributed by atoms with van der Waals surface area (Å²) in [5, 5.41) is 23.3. The van der Waals surface area contributed by atoms with Crippen LogP contribution in [-0.4, -0.2) is 34.8 Å². The summed E-state index contributed by atoms with van der Waals surface area (Å²) in [6.45, 7) is 3.59. The normalized spacial score (nSPS) is 13.7.